The van der Waals surface area contributed by atoms with E-state index < -0.39 is 0 Å². The second kappa shape index (κ2) is 7.62. The highest BCUT2D eigenvalue weighted by molar-refractivity contribution is 9.10. The van der Waals surface area contributed by atoms with E-state index in [0.29, 0.717) is 24.3 Å². The van der Waals surface area contributed by atoms with E-state index >= 15 is 0 Å². The lowest BCUT2D eigenvalue weighted by Gasteiger charge is -2.36. The van der Waals surface area contributed by atoms with Gasteiger partial charge in [0, 0.05) is 42.8 Å². The van der Waals surface area contributed by atoms with E-state index in [1.807, 2.05) is 4.90 Å². The van der Waals surface area contributed by atoms with Gasteiger partial charge in [-0.1, -0.05) is 22.0 Å². The van der Waals surface area contributed by atoms with Crippen LogP contribution in [0.1, 0.15) is 22.8 Å². The van der Waals surface area contributed by atoms with Crippen LogP contribution < -0.4 is 4.90 Å². The second-order valence-corrected chi connectivity index (χ2v) is 7.08. The summed E-state index contributed by atoms with van der Waals surface area (Å²) in [5.74, 6) is -0.757. The van der Waals surface area contributed by atoms with Crippen molar-refractivity contribution in [3.8, 4) is 0 Å². The van der Waals surface area contributed by atoms with E-state index in [9.17, 15) is 13.6 Å². The van der Waals surface area contributed by atoms with Gasteiger partial charge in [0.2, 0.25) is 0 Å². The first-order valence-electron chi connectivity index (χ1n) is 8.16. The lowest BCUT2D eigenvalue weighted by Crippen LogP contribution is -2.46. The van der Waals surface area contributed by atoms with Gasteiger partial charge in [-0.2, -0.15) is 0 Å². The number of ketones is 1. The first-order valence-corrected chi connectivity index (χ1v) is 8.95. The van der Waals surface area contributed by atoms with Gasteiger partial charge < -0.3 is 4.90 Å². The van der Waals surface area contributed by atoms with Crippen LogP contribution in [0.2, 0.25) is 0 Å². The zero-order valence-corrected chi connectivity index (χ0v) is 15.5. The molecule has 0 N–H and O–H groups in total. The average Bonchev–Trinajstić information content (AvgIpc) is 2.58. The number of hydrogen-bond donors (Lipinski definition) is 0. The lowest BCUT2D eigenvalue weighted by molar-refractivity contribution is 0.101. The highest BCUT2D eigenvalue weighted by Gasteiger charge is 2.20. The van der Waals surface area contributed by atoms with Crippen molar-refractivity contribution in [3.05, 3.63) is 63.6 Å². The Morgan fingerprint density at radius 3 is 2.40 bits per heavy atom. The number of rotatable bonds is 4. The fraction of sp³-hybridized carbons (Fsp3) is 0.316. The van der Waals surface area contributed by atoms with Gasteiger partial charge in [0.25, 0.3) is 0 Å². The predicted octanol–water partition coefficient (Wildman–Crippen LogP) is 4.25. The average molecular weight is 409 g/mol. The summed E-state index contributed by atoms with van der Waals surface area (Å²) in [7, 11) is 0. The minimum Gasteiger partial charge on any atom is -0.367 e. The number of hydrogen-bond acceptors (Lipinski definition) is 3. The van der Waals surface area contributed by atoms with Crippen molar-refractivity contribution in [2.24, 2.45) is 0 Å². The van der Waals surface area contributed by atoms with Crippen LogP contribution in [0.5, 0.6) is 0 Å². The Hall–Kier alpha value is -1.79. The number of halogens is 3. The molecule has 0 radical (unpaired) electrons. The summed E-state index contributed by atoms with van der Waals surface area (Å²) in [4.78, 5) is 15.6. The molecule has 1 fully saturated rings. The molecule has 0 spiro atoms. The molecular weight excluding hydrogens is 390 g/mol. The van der Waals surface area contributed by atoms with Gasteiger partial charge in [-0.25, -0.2) is 8.78 Å². The Morgan fingerprint density at radius 1 is 1.08 bits per heavy atom. The topological polar surface area (TPSA) is 23.6 Å². The summed E-state index contributed by atoms with van der Waals surface area (Å²) in [6.07, 6.45) is 0. The number of nitrogens with zero attached hydrogens (tertiary/aromatic N) is 2. The quantitative estimate of drug-likeness (QED) is 0.706. The molecule has 132 valence electrons. The summed E-state index contributed by atoms with van der Waals surface area (Å²) < 4.78 is 28.2. The Bertz CT molecular complexity index is 789. The molecule has 0 amide bonds. The maximum atomic E-state index is 14.3. The van der Waals surface area contributed by atoms with Crippen molar-refractivity contribution in [2.45, 2.75) is 13.5 Å². The van der Waals surface area contributed by atoms with E-state index in [1.165, 1.54) is 25.1 Å². The van der Waals surface area contributed by atoms with Crippen LogP contribution in [0.3, 0.4) is 0 Å². The SMILES string of the molecule is CC(=O)c1ccc(N2CCN(Cc3ccc(F)cc3Br)CC2)c(F)c1. The zero-order valence-electron chi connectivity index (χ0n) is 13.9. The van der Waals surface area contributed by atoms with Gasteiger partial charge in [0.15, 0.2) is 5.78 Å². The minimum absolute atomic E-state index is 0.139. The van der Waals surface area contributed by atoms with Crippen molar-refractivity contribution in [3.63, 3.8) is 0 Å². The molecule has 0 saturated carbocycles. The third-order valence-corrected chi connectivity index (χ3v) is 5.21. The molecule has 6 heteroatoms. The standard InChI is InChI=1S/C19H19BrF2N2O/c1-13(25)14-3-5-19(18(22)10-14)24-8-6-23(7-9-24)12-15-2-4-16(21)11-17(15)20/h2-5,10-11H,6-9,12H2,1H3. The Balaban J connectivity index is 1.63. The highest BCUT2D eigenvalue weighted by Crippen LogP contribution is 2.24. The van der Waals surface area contributed by atoms with Crippen molar-refractivity contribution >= 4 is 27.4 Å². The molecule has 1 aliphatic rings. The third kappa shape index (κ3) is 4.25. The molecule has 3 nitrogen and oxygen atoms in total. The molecule has 1 saturated heterocycles. The Morgan fingerprint density at radius 2 is 1.80 bits per heavy atom. The number of anilines is 1. The van der Waals surface area contributed by atoms with E-state index in [2.05, 4.69) is 20.8 Å². The summed E-state index contributed by atoms with van der Waals surface area (Å²) in [5.41, 5.74) is 1.96. The zero-order chi connectivity index (χ0) is 18.0. The van der Waals surface area contributed by atoms with Crippen LogP contribution in [0.15, 0.2) is 40.9 Å². The smallest absolute Gasteiger partial charge is 0.159 e. The highest BCUT2D eigenvalue weighted by atomic mass is 79.9. The summed E-state index contributed by atoms with van der Waals surface area (Å²) in [6.45, 7) is 5.14. The molecule has 0 bridgehead atoms. The molecule has 1 aliphatic heterocycles. The molecule has 2 aromatic rings. The summed E-state index contributed by atoms with van der Waals surface area (Å²) in [6, 6.07) is 9.37. The summed E-state index contributed by atoms with van der Waals surface area (Å²) >= 11 is 3.40. The monoisotopic (exact) mass is 408 g/mol. The summed E-state index contributed by atoms with van der Waals surface area (Å²) in [5, 5.41) is 0. The van der Waals surface area contributed by atoms with Gasteiger partial charge in [-0.05, 0) is 42.8 Å². The van der Waals surface area contributed by atoms with Crippen LogP contribution in [0.25, 0.3) is 0 Å². The lowest BCUT2D eigenvalue weighted by atomic mass is 10.1. The first-order chi connectivity index (χ1) is 11.9. The van der Waals surface area contributed by atoms with Crippen LogP contribution in [-0.4, -0.2) is 36.9 Å². The number of carbonyl (C=O) groups excluding carboxylic acids is 1. The van der Waals surface area contributed by atoms with E-state index in [1.54, 1.807) is 18.2 Å². The molecule has 0 aromatic heterocycles. The Kier molecular flexibility index (Phi) is 5.49. The molecule has 3 rings (SSSR count). The molecule has 0 aliphatic carbocycles. The molecule has 0 unspecified atom stereocenters. The van der Waals surface area contributed by atoms with Crippen LogP contribution >= 0.6 is 15.9 Å². The molecule has 2 aromatic carbocycles. The van der Waals surface area contributed by atoms with Gasteiger partial charge in [-0.3, -0.25) is 9.69 Å². The molecule has 1 heterocycles. The fourth-order valence-corrected chi connectivity index (χ4v) is 3.50. The first kappa shape index (κ1) is 18.0. The van der Waals surface area contributed by atoms with E-state index in [0.717, 1.165) is 29.7 Å². The van der Waals surface area contributed by atoms with Crippen LogP contribution in [0, 0.1) is 11.6 Å². The second-order valence-electron chi connectivity index (χ2n) is 6.22. The van der Waals surface area contributed by atoms with Crippen LogP contribution in [0.4, 0.5) is 14.5 Å². The number of Topliss-reactive ketones (excluding diaryl/α,β-unsaturated/α-hetero) is 1. The maximum Gasteiger partial charge on any atom is 0.159 e. The van der Waals surface area contributed by atoms with Gasteiger partial charge >= 0.3 is 0 Å². The maximum absolute atomic E-state index is 14.3. The molecule has 25 heavy (non-hydrogen) atoms. The largest absolute Gasteiger partial charge is 0.367 e. The number of carbonyl (C=O) groups is 1. The van der Waals surface area contributed by atoms with Crippen molar-refractivity contribution in [2.75, 3.05) is 31.1 Å². The predicted molar refractivity (Wildman–Crippen MR) is 98.0 cm³/mol. The van der Waals surface area contributed by atoms with Crippen molar-refractivity contribution in [1.29, 1.82) is 0 Å². The number of piperazine rings is 1. The molecular formula is C19H19BrF2N2O. The minimum atomic E-state index is -0.359. The normalized spacial score (nSPS) is 15.4. The molecule has 0 atom stereocenters. The van der Waals surface area contributed by atoms with Gasteiger partial charge in [-0.15, -0.1) is 0 Å². The van der Waals surface area contributed by atoms with E-state index in [-0.39, 0.29) is 17.4 Å². The fourth-order valence-electron chi connectivity index (χ4n) is 3.02. The van der Waals surface area contributed by atoms with E-state index in [4.69, 9.17) is 0 Å². The Labute approximate surface area is 154 Å². The van der Waals surface area contributed by atoms with Crippen molar-refractivity contribution in [1.82, 2.24) is 4.90 Å². The van der Waals surface area contributed by atoms with Crippen molar-refractivity contribution < 1.29 is 13.6 Å². The number of benzene rings is 2. The van der Waals surface area contributed by atoms with Crippen LogP contribution in [-0.2, 0) is 6.54 Å². The van der Waals surface area contributed by atoms with Gasteiger partial charge in [0.05, 0.1) is 5.69 Å². The van der Waals surface area contributed by atoms with Gasteiger partial charge in [0.1, 0.15) is 11.6 Å². The third-order valence-electron chi connectivity index (χ3n) is 4.48.